The first kappa shape index (κ1) is 29.4. The van der Waals surface area contributed by atoms with Gasteiger partial charge < -0.3 is 40.3 Å². The number of amides is 1. The molecule has 1 amide bonds. The molecule has 1 aromatic carbocycles. The molecule has 5 atom stereocenters. The molecule has 1 spiro atoms. The number of hydrogen-bond donors (Lipinski definition) is 4. The van der Waals surface area contributed by atoms with Crippen LogP contribution in [0, 0.1) is 5.92 Å². The molecular formula is C35H39N9O4. The number of benzene rings is 1. The maximum absolute atomic E-state index is 13.8. The molecule has 2 fully saturated rings. The molecule has 2 saturated heterocycles. The number of aliphatic hydroxyl groups excluding tert-OH is 1. The van der Waals surface area contributed by atoms with Crippen molar-refractivity contribution >= 4 is 34.4 Å². The number of ether oxygens (including phenoxy) is 1. The molecule has 13 nitrogen and oxygen atoms in total. The number of aliphatic hydroxyl groups is 1. The van der Waals surface area contributed by atoms with E-state index in [1.165, 1.54) is 0 Å². The van der Waals surface area contributed by atoms with Gasteiger partial charge in [-0.2, -0.15) is 4.98 Å². The van der Waals surface area contributed by atoms with Gasteiger partial charge in [0.15, 0.2) is 17.1 Å². The molecule has 4 N–H and O–H groups in total. The van der Waals surface area contributed by atoms with Gasteiger partial charge in [-0.1, -0.05) is 12.2 Å². The van der Waals surface area contributed by atoms with E-state index in [9.17, 15) is 15.0 Å². The Kier molecular flexibility index (Phi) is 6.52. The lowest BCUT2D eigenvalue weighted by atomic mass is 9.53. The van der Waals surface area contributed by atoms with Crippen molar-refractivity contribution in [1.29, 1.82) is 0 Å². The van der Waals surface area contributed by atoms with Crippen LogP contribution in [-0.2, 0) is 11.8 Å². The van der Waals surface area contributed by atoms with E-state index in [-0.39, 0.29) is 23.6 Å². The van der Waals surface area contributed by atoms with Crippen LogP contribution in [0.1, 0.15) is 28.0 Å². The number of carbonyl (C=O) groups is 1. The second-order valence-electron chi connectivity index (χ2n) is 13.9. The SMILES string of the molecule is CN(C)C(=O)c1cc2cnc(Nc3ccc(N4CCNCC4)cn3)nc2n1-c1cc(O)c2c3c1C[C@@H]1[C@@H]4C=C[C@H](O)[C@H](O2)[C@]34CCN1C. The van der Waals surface area contributed by atoms with Gasteiger partial charge in [-0.05, 0) is 50.2 Å². The van der Waals surface area contributed by atoms with Crippen LogP contribution in [0.3, 0.4) is 0 Å². The van der Waals surface area contributed by atoms with Crippen molar-refractivity contribution < 1.29 is 19.7 Å². The Morgan fingerprint density at radius 1 is 1.12 bits per heavy atom. The lowest BCUT2D eigenvalue weighted by molar-refractivity contribution is -0.0453. The van der Waals surface area contributed by atoms with Crippen LogP contribution in [0.4, 0.5) is 17.5 Å². The molecule has 48 heavy (non-hydrogen) atoms. The van der Waals surface area contributed by atoms with Gasteiger partial charge in [-0.15, -0.1) is 0 Å². The first-order chi connectivity index (χ1) is 23.2. The summed E-state index contributed by atoms with van der Waals surface area (Å²) in [4.78, 5) is 34.2. The average molecular weight is 650 g/mol. The van der Waals surface area contributed by atoms with Crippen molar-refractivity contribution in [3.05, 3.63) is 65.6 Å². The highest BCUT2D eigenvalue weighted by atomic mass is 16.5. The minimum Gasteiger partial charge on any atom is -0.504 e. The summed E-state index contributed by atoms with van der Waals surface area (Å²) in [7, 11) is 5.59. The molecule has 0 unspecified atom stereocenters. The van der Waals surface area contributed by atoms with Crippen molar-refractivity contribution in [2.45, 2.75) is 36.5 Å². The number of likely N-dealkylation sites (N-methyl/N-ethyl adjacent to an activating group) is 1. The number of phenols is 1. The van der Waals surface area contributed by atoms with Gasteiger partial charge in [0.25, 0.3) is 5.91 Å². The first-order valence-electron chi connectivity index (χ1n) is 16.7. The third kappa shape index (κ3) is 4.13. The standard InChI is InChI=1S/C35H39N9O4/c1-41(2)33(47)25-14-19-17-38-34(39-28-7-4-20(18-37-28)43-12-9-36-10-13-43)40-32(19)44(25)23-16-27(46)30-29-21(23)15-24-22-5-6-26(45)31(48-30)35(22,29)8-11-42(24)3/h4-7,14,16-18,22,24,26,31,36,45-46H,8-13,15H2,1-3H3,(H,37,38,39,40)/t22-,24+,26-,31-,35-/m0/s1. The predicted molar refractivity (Wildman–Crippen MR) is 181 cm³/mol. The lowest BCUT2D eigenvalue weighted by Gasteiger charge is -2.56. The molecule has 13 heteroatoms. The summed E-state index contributed by atoms with van der Waals surface area (Å²) >= 11 is 0. The number of hydrogen-bond acceptors (Lipinski definition) is 11. The molecule has 9 rings (SSSR count). The van der Waals surface area contributed by atoms with Crippen molar-refractivity contribution in [2.75, 3.05) is 64.1 Å². The number of pyridine rings is 1. The summed E-state index contributed by atoms with van der Waals surface area (Å²) in [6, 6.07) is 7.62. The number of aromatic nitrogens is 4. The number of rotatable bonds is 5. The summed E-state index contributed by atoms with van der Waals surface area (Å²) in [5.74, 6) is 1.30. The smallest absolute Gasteiger partial charge is 0.270 e. The van der Waals surface area contributed by atoms with E-state index >= 15 is 0 Å². The molecule has 248 valence electrons. The quantitative estimate of drug-likeness (QED) is 0.236. The maximum Gasteiger partial charge on any atom is 0.270 e. The number of piperazine rings is 1. The molecule has 0 radical (unpaired) electrons. The minimum atomic E-state index is -0.786. The topological polar surface area (TPSA) is 144 Å². The summed E-state index contributed by atoms with van der Waals surface area (Å²) in [5, 5.41) is 30.1. The second-order valence-corrected chi connectivity index (χ2v) is 13.9. The number of fused-ring (bicyclic) bond motifs is 1. The Morgan fingerprint density at radius 3 is 2.73 bits per heavy atom. The van der Waals surface area contributed by atoms with Crippen LogP contribution < -0.4 is 20.3 Å². The monoisotopic (exact) mass is 649 g/mol. The zero-order valence-corrected chi connectivity index (χ0v) is 27.2. The number of nitrogens with one attached hydrogen (secondary N) is 2. The fourth-order valence-corrected chi connectivity index (χ4v) is 8.87. The van der Waals surface area contributed by atoms with Gasteiger partial charge in [-0.25, -0.2) is 9.97 Å². The Hall–Kier alpha value is -4.72. The van der Waals surface area contributed by atoms with Crippen LogP contribution in [0.15, 0.2) is 48.8 Å². The molecule has 4 aromatic rings. The van der Waals surface area contributed by atoms with E-state index in [1.54, 1.807) is 31.3 Å². The van der Waals surface area contributed by atoms with Crippen molar-refractivity contribution in [3.63, 3.8) is 0 Å². The fourth-order valence-electron chi connectivity index (χ4n) is 8.87. The number of likely N-dealkylation sites (tertiary alicyclic amines) is 1. The van der Waals surface area contributed by atoms with Gasteiger partial charge in [-0.3, -0.25) is 9.36 Å². The minimum absolute atomic E-state index is 0.0119. The largest absolute Gasteiger partial charge is 0.504 e. The van der Waals surface area contributed by atoms with Crippen LogP contribution in [0.25, 0.3) is 16.7 Å². The van der Waals surface area contributed by atoms with Crippen molar-refractivity contribution in [3.8, 4) is 17.2 Å². The molecular weight excluding hydrogens is 610 g/mol. The zero-order chi connectivity index (χ0) is 32.9. The molecule has 2 bridgehead atoms. The summed E-state index contributed by atoms with van der Waals surface area (Å²) < 4.78 is 8.32. The van der Waals surface area contributed by atoms with Crippen molar-refractivity contribution in [1.82, 2.24) is 34.6 Å². The third-order valence-electron chi connectivity index (χ3n) is 11.1. The summed E-state index contributed by atoms with van der Waals surface area (Å²) in [6.07, 6.45) is 7.75. The number of anilines is 3. The molecule has 6 heterocycles. The van der Waals surface area contributed by atoms with Crippen LogP contribution in [0.5, 0.6) is 11.5 Å². The van der Waals surface area contributed by atoms with Gasteiger partial charge >= 0.3 is 0 Å². The first-order valence-corrected chi connectivity index (χ1v) is 16.7. The Balaban J connectivity index is 1.19. The Morgan fingerprint density at radius 2 is 1.96 bits per heavy atom. The second kappa shape index (κ2) is 10.6. The average Bonchev–Trinajstić information content (AvgIpc) is 3.65. The molecule has 2 aliphatic carbocycles. The normalized spacial score (nSPS) is 27.1. The molecule has 3 aromatic heterocycles. The van der Waals surface area contributed by atoms with Crippen molar-refractivity contribution in [2.24, 2.45) is 5.92 Å². The van der Waals surface area contributed by atoms with Gasteiger partial charge in [0.2, 0.25) is 5.95 Å². The van der Waals surface area contributed by atoms with E-state index in [0.29, 0.717) is 46.4 Å². The van der Waals surface area contributed by atoms with E-state index < -0.39 is 17.6 Å². The van der Waals surface area contributed by atoms with Crippen LogP contribution in [0.2, 0.25) is 0 Å². The number of carbonyl (C=O) groups excluding carboxylic acids is 1. The highest BCUT2D eigenvalue weighted by Gasteiger charge is 2.64. The number of phenolic OH excluding ortho intramolecular Hbond substituents is 1. The van der Waals surface area contributed by atoms with E-state index in [2.05, 4.69) is 43.5 Å². The number of nitrogens with zero attached hydrogens (tertiary/aromatic N) is 7. The van der Waals surface area contributed by atoms with E-state index in [0.717, 1.165) is 56.0 Å². The third-order valence-corrected chi connectivity index (χ3v) is 11.1. The van der Waals surface area contributed by atoms with Gasteiger partial charge in [0.1, 0.15) is 23.7 Å². The molecule has 3 aliphatic heterocycles. The highest BCUT2D eigenvalue weighted by Crippen LogP contribution is 2.63. The maximum atomic E-state index is 13.8. The summed E-state index contributed by atoms with van der Waals surface area (Å²) in [6.45, 7) is 4.61. The van der Waals surface area contributed by atoms with E-state index in [4.69, 9.17) is 9.72 Å². The highest BCUT2D eigenvalue weighted by molar-refractivity contribution is 5.99. The molecule has 0 saturated carbocycles. The lowest BCUT2D eigenvalue weighted by Crippen LogP contribution is -2.64. The summed E-state index contributed by atoms with van der Waals surface area (Å²) in [5.41, 5.74) is 4.15. The van der Waals surface area contributed by atoms with Crippen LogP contribution in [-0.4, -0.2) is 118 Å². The van der Waals surface area contributed by atoms with E-state index in [1.807, 2.05) is 35.0 Å². The van der Waals surface area contributed by atoms with Gasteiger partial charge in [0.05, 0.1) is 17.6 Å². The van der Waals surface area contributed by atoms with Crippen LogP contribution >= 0.6 is 0 Å². The molecule has 5 aliphatic rings. The number of aromatic hydroxyl groups is 1. The Labute approximate surface area is 277 Å². The Bertz CT molecular complexity index is 1990. The fraction of sp³-hybridized carbons (Fsp3) is 0.429. The zero-order valence-electron chi connectivity index (χ0n) is 27.2. The van der Waals surface area contributed by atoms with Gasteiger partial charge in [0, 0.05) is 80.9 Å². The predicted octanol–water partition coefficient (Wildman–Crippen LogP) is 2.18. The number of piperidine rings is 1.